The van der Waals surface area contributed by atoms with Crippen molar-refractivity contribution in [2.45, 2.75) is 0 Å². The molecule has 0 radical (unpaired) electrons. The maximum Gasteiger partial charge on any atom is 0.291 e. The van der Waals surface area contributed by atoms with Gasteiger partial charge in [0.05, 0.1) is 4.53 Å². The van der Waals surface area contributed by atoms with Gasteiger partial charge >= 0.3 is 0 Å². The molecule has 4 rings (SSSR count). The Kier molecular flexibility index (Phi) is 4.28. The maximum atomic E-state index is 12.6. The smallest absolute Gasteiger partial charge is 0.291 e. The van der Waals surface area contributed by atoms with Crippen LogP contribution in [0.5, 0.6) is 5.75 Å². The number of pyridine rings is 1. The second kappa shape index (κ2) is 6.89. The molecule has 6 nitrogen and oxygen atoms in total. The molecule has 0 saturated carbocycles. The lowest BCUT2D eigenvalue weighted by Gasteiger charge is -2.02. The summed E-state index contributed by atoms with van der Waals surface area (Å²) in [6.07, 6.45) is 6.87. The van der Waals surface area contributed by atoms with E-state index in [1.54, 1.807) is 18.5 Å². The number of nitrogens with zero attached hydrogens (tertiary/aromatic N) is 4. The summed E-state index contributed by atoms with van der Waals surface area (Å²) in [5, 5.41) is 4.31. The van der Waals surface area contributed by atoms with Crippen LogP contribution in [0.15, 0.2) is 66.2 Å². The van der Waals surface area contributed by atoms with Crippen LogP contribution in [0.3, 0.4) is 0 Å². The molecular weight excluding hydrogens is 348 g/mol. The molecule has 26 heavy (non-hydrogen) atoms. The third kappa shape index (κ3) is 3.12. The topological polar surface area (TPSA) is 69.4 Å². The molecule has 0 fully saturated rings. The van der Waals surface area contributed by atoms with Crippen molar-refractivity contribution in [1.29, 1.82) is 0 Å². The Balaban J connectivity index is 1.68. The zero-order valence-corrected chi connectivity index (χ0v) is 14.5. The van der Waals surface area contributed by atoms with Crippen LogP contribution in [-0.4, -0.2) is 26.2 Å². The molecule has 7 heteroatoms. The highest BCUT2D eigenvalue weighted by atomic mass is 32.1. The van der Waals surface area contributed by atoms with Crippen molar-refractivity contribution >= 4 is 22.4 Å². The molecule has 0 aliphatic carbocycles. The van der Waals surface area contributed by atoms with Crippen LogP contribution in [0.4, 0.5) is 0 Å². The second-order valence-corrected chi connectivity index (χ2v) is 6.47. The first-order valence-corrected chi connectivity index (χ1v) is 8.72. The van der Waals surface area contributed by atoms with Gasteiger partial charge in [0, 0.05) is 18.0 Å². The average molecular weight is 362 g/mol. The molecule has 0 saturated heterocycles. The summed E-state index contributed by atoms with van der Waals surface area (Å²) in [5.41, 5.74) is 1.51. The number of ether oxygens (including phenoxy) is 1. The van der Waals surface area contributed by atoms with Crippen LogP contribution < -0.4 is 14.8 Å². The van der Waals surface area contributed by atoms with Crippen LogP contribution in [0, 0.1) is 0 Å². The van der Waals surface area contributed by atoms with Gasteiger partial charge in [0.1, 0.15) is 12.4 Å². The lowest BCUT2D eigenvalue weighted by atomic mass is 10.2. The maximum absolute atomic E-state index is 12.6. The number of hydrogen-bond donors (Lipinski definition) is 0. The summed E-state index contributed by atoms with van der Waals surface area (Å²) >= 11 is 1.31. The number of rotatable bonds is 5. The van der Waals surface area contributed by atoms with Crippen molar-refractivity contribution in [1.82, 2.24) is 19.6 Å². The molecule has 0 aliphatic heterocycles. The molecule has 3 aromatic heterocycles. The highest BCUT2D eigenvalue weighted by molar-refractivity contribution is 7.15. The van der Waals surface area contributed by atoms with Gasteiger partial charge in [-0.2, -0.15) is 9.50 Å². The average Bonchev–Trinajstić information content (AvgIpc) is 3.22. The van der Waals surface area contributed by atoms with Crippen molar-refractivity contribution < 1.29 is 4.74 Å². The van der Waals surface area contributed by atoms with Gasteiger partial charge in [-0.3, -0.25) is 9.78 Å². The molecule has 0 spiro atoms. The molecule has 3 heterocycles. The van der Waals surface area contributed by atoms with Gasteiger partial charge in [-0.1, -0.05) is 36.1 Å². The van der Waals surface area contributed by atoms with Crippen LogP contribution >= 0.6 is 11.3 Å². The minimum Gasteiger partial charge on any atom is -0.490 e. The van der Waals surface area contributed by atoms with Gasteiger partial charge in [-0.25, -0.2) is 0 Å². The Morgan fingerprint density at radius 1 is 1.23 bits per heavy atom. The number of thiazole rings is 1. The molecule has 0 amide bonds. The van der Waals surface area contributed by atoms with Gasteiger partial charge in [-0.15, -0.1) is 5.10 Å². The highest BCUT2D eigenvalue weighted by Crippen LogP contribution is 2.15. The number of hydrogen-bond acceptors (Lipinski definition) is 6. The molecular formula is C19H14N4O2S. The fourth-order valence-electron chi connectivity index (χ4n) is 2.42. The Bertz CT molecular complexity index is 1160. The quantitative estimate of drug-likeness (QED) is 0.510. The normalized spacial score (nSPS) is 11.8. The number of aromatic nitrogens is 4. The van der Waals surface area contributed by atoms with Gasteiger partial charge in [-0.05, 0) is 35.9 Å². The summed E-state index contributed by atoms with van der Waals surface area (Å²) in [5.74, 6) is 1.25. The summed E-state index contributed by atoms with van der Waals surface area (Å²) < 4.78 is 7.37. The third-order valence-corrected chi connectivity index (χ3v) is 4.61. The van der Waals surface area contributed by atoms with Gasteiger partial charge in [0.2, 0.25) is 4.96 Å². The first kappa shape index (κ1) is 16.2. The van der Waals surface area contributed by atoms with Gasteiger partial charge in [0.15, 0.2) is 5.82 Å². The lowest BCUT2D eigenvalue weighted by Crippen LogP contribution is -2.23. The van der Waals surface area contributed by atoms with E-state index in [0.717, 1.165) is 16.9 Å². The van der Waals surface area contributed by atoms with E-state index < -0.39 is 0 Å². The Morgan fingerprint density at radius 2 is 2.08 bits per heavy atom. The van der Waals surface area contributed by atoms with E-state index in [1.165, 1.54) is 15.9 Å². The monoisotopic (exact) mass is 362 g/mol. The zero-order chi connectivity index (χ0) is 17.9. The van der Waals surface area contributed by atoms with Crippen LogP contribution in [-0.2, 0) is 0 Å². The zero-order valence-electron chi connectivity index (χ0n) is 13.7. The van der Waals surface area contributed by atoms with Crippen molar-refractivity contribution in [3.8, 4) is 17.1 Å². The predicted molar refractivity (Wildman–Crippen MR) is 101 cm³/mol. The van der Waals surface area contributed by atoms with E-state index in [9.17, 15) is 4.79 Å². The molecule has 0 N–H and O–H groups in total. The molecule has 0 atom stereocenters. The first-order valence-electron chi connectivity index (χ1n) is 7.90. The summed E-state index contributed by atoms with van der Waals surface area (Å²) in [7, 11) is 0. The minimum absolute atomic E-state index is 0.181. The summed E-state index contributed by atoms with van der Waals surface area (Å²) in [6.45, 7) is 4.08. The number of benzene rings is 1. The lowest BCUT2D eigenvalue weighted by molar-refractivity contribution is 0.363. The van der Waals surface area contributed by atoms with Crippen LogP contribution in [0.1, 0.15) is 5.56 Å². The van der Waals surface area contributed by atoms with Crippen LogP contribution in [0.2, 0.25) is 0 Å². The molecule has 128 valence electrons. The highest BCUT2D eigenvalue weighted by Gasteiger charge is 2.11. The summed E-state index contributed by atoms with van der Waals surface area (Å²) in [4.78, 5) is 21.6. The second-order valence-electron chi connectivity index (χ2n) is 5.46. The third-order valence-electron chi connectivity index (χ3n) is 3.65. The van der Waals surface area contributed by atoms with Crippen molar-refractivity contribution in [2.75, 3.05) is 6.61 Å². The molecule has 1 aromatic carbocycles. The largest absolute Gasteiger partial charge is 0.490 e. The van der Waals surface area contributed by atoms with Gasteiger partial charge < -0.3 is 4.74 Å². The summed E-state index contributed by atoms with van der Waals surface area (Å²) in [6, 6.07) is 11.2. The predicted octanol–water partition coefficient (Wildman–Crippen LogP) is 2.33. The van der Waals surface area contributed by atoms with E-state index in [2.05, 4.69) is 21.6 Å². The van der Waals surface area contributed by atoms with Gasteiger partial charge in [0.25, 0.3) is 5.56 Å². The van der Waals surface area contributed by atoms with E-state index in [1.807, 2.05) is 42.5 Å². The fourth-order valence-corrected chi connectivity index (χ4v) is 3.33. The minimum atomic E-state index is -0.181. The molecule has 0 aliphatic rings. The number of fused-ring (bicyclic) bond motifs is 1. The Hall–Kier alpha value is -3.32. The fraction of sp³-hybridized carbons (Fsp3) is 0.0526. The van der Waals surface area contributed by atoms with Crippen LogP contribution in [0.25, 0.3) is 22.4 Å². The van der Waals surface area contributed by atoms with E-state index in [-0.39, 0.29) is 5.56 Å². The standard InChI is InChI=1S/C19H14N4O2S/c1-2-10-25-15-7-5-13(6-8-15)11-16-18(24)23-19(26-16)21-17(22-23)14-4-3-9-20-12-14/h2-9,11-12H,1,10H2/b16-11+. The van der Waals surface area contributed by atoms with Crippen molar-refractivity contribution in [3.05, 3.63) is 81.9 Å². The Labute approximate surface area is 152 Å². The molecule has 0 unspecified atom stereocenters. The SMILES string of the molecule is C=CCOc1ccc(/C=c2/sc3nc(-c4cccnc4)nn3c2=O)cc1. The molecule has 4 aromatic rings. The first-order chi connectivity index (χ1) is 12.7. The van der Waals surface area contributed by atoms with E-state index in [0.29, 0.717) is 21.9 Å². The van der Waals surface area contributed by atoms with Crippen molar-refractivity contribution in [3.63, 3.8) is 0 Å². The van der Waals surface area contributed by atoms with Crippen molar-refractivity contribution in [2.24, 2.45) is 0 Å². The Morgan fingerprint density at radius 3 is 2.77 bits per heavy atom. The van der Waals surface area contributed by atoms with E-state index in [4.69, 9.17) is 4.74 Å². The molecule has 0 bridgehead atoms. The van der Waals surface area contributed by atoms with E-state index >= 15 is 0 Å².